The molecule has 0 aliphatic carbocycles. The Balaban J connectivity index is 0.0000000892. The van der Waals surface area contributed by atoms with Crippen molar-refractivity contribution in [2.75, 3.05) is 0 Å². The topological polar surface area (TPSA) is 42.8 Å². The fourth-order valence-corrected chi connectivity index (χ4v) is 25.7. The van der Waals surface area contributed by atoms with E-state index in [0.29, 0.717) is 0 Å². The van der Waals surface area contributed by atoms with Crippen LogP contribution >= 0.6 is 0 Å². The van der Waals surface area contributed by atoms with E-state index in [-0.39, 0.29) is 0 Å². The Hall–Kier alpha value is -19.7. The third-order valence-electron chi connectivity index (χ3n) is 31.7. The van der Waals surface area contributed by atoms with Gasteiger partial charge >= 0.3 is 0 Å². The van der Waals surface area contributed by atoms with Crippen LogP contribution in [0.4, 0.5) is 0 Å². The van der Waals surface area contributed by atoms with Gasteiger partial charge < -0.3 is 40.6 Å². The second kappa shape index (κ2) is 31.4. The number of rotatable bonds is 7. The average molecular weight is 1870 g/mol. The van der Waals surface area contributed by atoms with Crippen LogP contribution in [0.2, 0.25) is 0 Å². The van der Waals surface area contributed by atoms with Gasteiger partial charge in [-0.25, -0.2) is 0 Å². The Labute approximate surface area is 840 Å². The van der Waals surface area contributed by atoms with E-state index in [1.807, 2.05) is 0 Å². The van der Waals surface area contributed by atoms with E-state index in [1.165, 1.54) is 279 Å². The Morgan fingerprint density at radius 2 is 0.279 bits per heavy atom. The van der Waals surface area contributed by atoms with Crippen molar-refractivity contribution in [2.45, 2.75) is 0 Å². The van der Waals surface area contributed by atoms with Crippen molar-refractivity contribution in [3.63, 3.8) is 0 Å². The van der Waals surface area contributed by atoms with Gasteiger partial charge in [0, 0.05) is 163 Å². The number of hydrogen-bond acceptors (Lipinski definition) is 0. The molecule has 35 rings (SSSR count). The third-order valence-corrected chi connectivity index (χ3v) is 31.7. The second-order valence-electron chi connectivity index (χ2n) is 39.3. The van der Waals surface area contributed by atoms with E-state index in [9.17, 15) is 0 Å². The molecular weight excluding hydrogens is 1780 g/mol. The van der Waals surface area contributed by atoms with Gasteiger partial charge in [-0.15, -0.1) is 0 Å². The fraction of sp³-hybridized carbons (Fsp3) is 0. The highest BCUT2D eigenvalue weighted by atomic mass is 15.0. The Kier molecular flexibility index (Phi) is 17.3. The first-order valence-electron chi connectivity index (χ1n) is 50.7. The molecule has 35 aromatic rings. The summed E-state index contributed by atoms with van der Waals surface area (Å²) in [6.45, 7) is 0. The van der Waals surface area contributed by atoms with Crippen LogP contribution in [0.25, 0.3) is 290 Å². The molecule has 12 heterocycles. The molecule has 0 fully saturated rings. The van der Waals surface area contributed by atoms with Gasteiger partial charge in [0.05, 0.1) is 116 Å². The first-order valence-corrected chi connectivity index (χ1v) is 50.7. The van der Waals surface area contributed by atoms with Gasteiger partial charge in [0.2, 0.25) is 0 Å². The van der Waals surface area contributed by atoms with E-state index in [0.717, 1.165) is 11.4 Å². The molecular formula is C138H85N9. The van der Waals surface area contributed by atoms with Crippen molar-refractivity contribution in [3.05, 3.63) is 516 Å². The van der Waals surface area contributed by atoms with Gasteiger partial charge in [-0.1, -0.05) is 334 Å². The molecule has 0 saturated heterocycles. The molecule has 682 valence electrons. The average Bonchev–Trinajstić information content (AvgIpc) is 1.54. The number of aromatic nitrogens is 9. The highest BCUT2D eigenvalue weighted by molar-refractivity contribution is 6.28. The number of hydrogen-bond donors (Lipinski definition) is 0. The summed E-state index contributed by atoms with van der Waals surface area (Å²) in [6, 6.07) is 188. The van der Waals surface area contributed by atoms with E-state index in [2.05, 4.69) is 556 Å². The van der Waals surface area contributed by atoms with Crippen LogP contribution in [0.1, 0.15) is 0 Å². The molecule has 9 heteroatoms. The van der Waals surface area contributed by atoms with Crippen LogP contribution in [-0.4, -0.2) is 40.6 Å². The Morgan fingerprint density at radius 1 is 0.0884 bits per heavy atom. The van der Waals surface area contributed by atoms with Crippen LogP contribution in [-0.2, 0) is 0 Å². The molecule has 0 spiro atoms. The van der Waals surface area contributed by atoms with Gasteiger partial charge in [0.15, 0.2) is 0 Å². The molecule has 0 radical (unpaired) electrons. The predicted octanol–water partition coefficient (Wildman–Crippen LogP) is 36.4. The van der Waals surface area contributed by atoms with E-state index >= 15 is 0 Å². The van der Waals surface area contributed by atoms with Crippen molar-refractivity contribution >= 4 is 245 Å². The molecule has 0 aliphatic heterocycles. The minimum Gasteiger partial charge on any atom is -0.309 e. The summed E-state index contributed by atoms with van der Waals surface area (Å²) in [7, 11) is 0. The number of fused-ring (bicyclic) bond motifs is 36. The van der Waals surface area contributed by atoms with Crippen molar-refractivity contribution in [2.24, 2.45) is 0 Å². The van der Waals surface area contributed by atoms with Crippen molar-refractivity contribution in [3.8, 4) is 45.3 Å². The zero-order valence-corrected chi connectivity index (χ0v) is 79.6. The monoisotopic (exact) mass is 1870 g/mol. The van der Waals surface area contributed by atoms with Crippen LogP contribution < -0.4 is 0 Å². The Morgan fingerprint density at radius 3 is 0.626 bits per heavy atom. The maximum atomic E-state index is 2.45. The number of para-hydroxylation sites is 17. The highest BCUT2D eigenvalue weighted by Crippen LogP contribution is 2.49. The van der Waals surface area contributed by atoms with Gasteiger partial charge in [-0.2, -0.15) is 0 Å². The number of benzene rings is 23. The van der Waals surface area contributed by atoms with E-state index in [4.69, 9.17) is 0 Å². The molecule has 0 aliphatic rings. The smallest absolute Gasteiger partial charge is 0.0622 e. The van der Waals surface area contributed by atoms with Gasteiger partial charge in [0.1, 0.15) is 0 Å². The zero-order chi connectivity index (χ0) is 95.9. The molecule has 9 nitrogen and oxygen atoms in total. The lowest BCUT2D eigenvalue weighted by Gasteiger charge is -2.11. The maximum absolute atomic E-state index is 2.45. The quantitative estimate of drug-likeness (QED) is 0.153. The van der Waals surface area contributed by atoms with Crippen LogP contribution in [0, 0.1) is 0 Å². The zero-order valence-electron chi connectivity index (χ0n) is 79.6. The largest absolute Gasteiger partial charge is 0.309 e. The normalized spacial score (nSPS) is 12.2. The lowest BCUT2D eigenvalue weighted by molar-refractivity contribution is 1.15. The number of nitrogens with zero attached hydrogens (tertiary/aromatic N) is 9. The first-order chi connectivity index (χ1) is 73.0. The molecule has 12 aromatic heterocycles. The predicted molar refractivity (Wildman–Crippen MR) is 621 cm³/mol. The molecule has 23 aromatic carbocycles. The summed E-state index contributed by atoms with van der Waals surface area (Å²) in [5, 5.41) is 31.1. The summed E-state index contributed by atoms with van der Waals surface area (Å²) in [4.78, 5) is 0. The lowest BCUT2D eigenvalue weighted by Crippen LogP contribution is -1.96. The molecule has 0 unspecified atom stereocenters. The van der Waals surface area contributed by atoms with Crippen LogP contribution in [0.15, 0.2) is 516 Å². The van der Waals surface area contributed by atoms with Crippen molar-refractivity contribution in [1.82, 2.24) is 40.6 Å². The first kappa shape index (κ1) is 81.0. The fourth-order valence-electron chi connectivity index (χ4n) is 25.7. The lowest BCUT2D eigenvalue weighted by atomic mass is 10.0. The highest BCUT2D eigenvalue weighted by Gasteiger charge is 2.27. The molecule has 0 atom stereocenters. The van der Waals surface area contributed by atoms with Gasteiger partial charge in [0.25, 0.3) is 0 Å². The SMILES string of the molecule is c1ccc(-n2c3ccccc3c3cc(-c4ccc5c(c4)c4ccccc4n5-c4ccc5c6ccccc6n(-c6ccccc6)c5c4)ccc32)cc1.c1ccc2c(c1)c1ccccc1n2-c1cc2c3ccccc3n3c4ccccc4c(c1)c23.c1ccc2c(c1)c1ccccc1n2-c1ccc2c(c1)c1cccc3c4ccccc4n2c31.c1ccc2c(c1)c1ccccc1n2-c1ccc2c3cccc4c5ccccc5n(c2c1)c43. The minimum atomic E-state index is 1.15. The van der Waals surface area contributed by atoms with Crippen LogP contribution in [0.3, 0.4) is 0 Å². The molecule has 0 amide bonds. The summed E-state index contributed by atoms with van der Waals surface area (Å²) in [5.74, 6) is 0. The van der Waals surface area contributed by atoms with Crippen LogP contribution in [0.5, 0.6) is 0 Å². The Bertz CT molecular complexity index is 11400. The molecule has 147 heavy (non-hydrogen) atoms. The summed E-state index contributed by atoms with van der Waals surface area (Å²) in [6.07, 6.45) is 0. The minimum absolute atomic E-state index is 1.15. The van der Waals surface area contributed by atoms with Crippen molar-refractivity contribution < 1.29 is 0 Å². The molecule has 0 N–H and O–H groups in total. The van der Waals surface area contributed by atoms with Crippen molar-refractivity contribution in [1.29, 1.82) is 0 Å². The molecule has 0 saturated carbocycles. The summed E-state index contributed by atoms with van der Waals surface area (Å²) < 4.78 is 21.7. The summed E-state index contributed by atoms with van der Waals surface area (Å²) in [5.41, 5.74) is 35.8. The maximum Gasteiger partial charge on any atom is 0.0622 e. The van der Waals surface area contributed by atoms with E-state index in [1.54, 1.807) is 0 Å². The van der Waals surface area contributed by atoms with Gasteiger partial charge in [-0.3, -0.25) is 0 Å². The molecule has 0 bridgehead atoms. The second-order valence-corrected chi connectivity index (χ2v) is 39.3. The van der Waals surface area contributed by atoms with Gasteiger partial charge in [-0.05, 0) is 193 Å². The standard InChI is InChI=1S/C48H31N3.3C30H18N2/c1-3-13-34(14-4-1)49-44-21-11-8-18-38(44)41-29-32(23-27-46(41)49)33-24-28-47-42(30-33)39-19-9-12-22-45(39)51(47)36-25-26-40-37-17-7-10-20-43(37)50(48(40)31-36)35-15-5-2-6-16-35;1-5-13-26-20(9-1)21-10-2-6-14-27(21)31(26)19-17-24-22-11-3-7-15-28(22)32-29-16-8-4-12-23(29)25(18-19)30(24)32;1-4-13-26-20(8-1)21-9-2-5-14-27(21)31(26)19-16-17-23-25-12-7-11-24-22-10-3-6-15-28(22)32(30(24)25)29(23)18-19;1-4-13-26-20(8-1)21-9-2-5-14-27(21)31(26)19-16-17-29-25(18-19)24-12-7-11-23-22-10-3-6-15-28(22)32(29)30(23)24/h1-31H;3*1-18H. The van der Waals surface area contributed by atoms with E-state index < -0.39 is 0 Å². The summed E-state index contributed by atoms with van der Waals surface area (Å²) >= 11 is 0. The third kappa shape index (κ3) is 11.7.